The Hall–Kier alpha value is -2.53. The highest BCUT2D eigenvalue weighted by molar-refractivity contribution is 6.31. The largest absolute Gasteiger partial charge is 0.433 e. The number of hydrogen-bond donors (Lipinski definition) is 2. The smallest absolute Gasteiger partial charge is 0.382 e. The highest BCUT2D eigenvalue weighted by atomic mass is 35.5. The molecule has 9 heteroatoms. The molecule has 2 aliphatic carbocycles. The third kappa shape index (κ3) is 4.17. The molecule has 30 heavy (non-hydrogen) atoms. The highest BCUT2D eigenvalue weighted by Crippen LogP contribution is 2.45. The van der Waals surface area contributed by atoms with E-state index < -0.39 is 17.3 Å². The summed E-state index contributed by atoms with van der Waals surface area (Å²) in [7, 11) is 0. The molecule has 0 aliphatic heterocycles. The van der Waals surface area contributed by atoms with Crippen molar-refractivity contribution in [2.24, 2.45) is 5.41 Å². The number of carbonyl (C=O) groups is 1. The van der Waals surface area contributed by atoms with E-state index in [1.807, 2.05) is 0 Å². The molecule has 0 unspecified atom stereocenters. The minimum Gasteiger partial charge on any atom is -0.382 e. The molecule has 5 nitrogen and oxygen atoms in total. The van der Waals surface area contributed by atoms with Crippen molar-refractivity contribution in [1.29, 1.82) is 5.26 Å². The van der Waals surface area contributed by atoms with Crippen molar-refractivity contribution in [3.8, 4) is 6.07 Å². The second-order valence-corrected chi connectivity index (χ2v) is 8.51. The first kappa shape index (κ1) is 20.7. The summed E-state index contributed by atoms with van der Waals surface area (Å²) in [5.41, 5.74) is -1.22. The predicted molar refractivity (Wildman–Crippen MR) is 107 cm³/mol. The number of carbonyl (C=O) groups excluding carboxylic acids is 1. The lowest BCUT2D eigenvalue weighted by molar-refractivity contribution is -0.140. The molecular formula is C21H20ClF3N4O. The first-order valence-electron chi connectivity index (χ1n) is 9.86. The van der Waals surface area contributed by atoms with E-state index in [4.69, 9.17) is 16.9 Å². The zero-order valence-corrected chi connectivity index (χ0v) is 16.8. The topological polar surface area (TPSA) is 77.8 Å². The summed E-state index contributed by atoms with van der Waals surface area (Å²) in [6.07, 6.45) is -0.573. The summed E-state index contributed by atoms with van der Waals surface area (Å²) in [5, 5.41) is 16.3. The molecule has 0 spiro atoms. The predicted octanol–water partition coefficient (Wildman–Crippen LogP) is 5.05. The van der Waals surface area contributed by atoms with E-state index in [1.54, 1.807) is 6.07 Å². The number of nitrogens with one attached hydrogen (secondary N) is 2. The van der Waals surface area contributed by atoms with Crippen LogP contribution in [0.15, 0.2) is 24.3 Å². The van der Waals surface area contributed by atoms with Crippen LogP contribution in [0.4, 0.5) is 18.9 Å². The Morgan fingerprint density at radius 1 is 1.17 bits per heavy atom. The zero-order valence-electron chi connectivity index (χ0n) is 16.0. The summed E-state index contributed by atoms with van der Waals surface area (Å²) in [5.74, 6) is -0.203. The van der Waals surface area contributed by atoms with E-state index in [0.29, 0.717) is 54.6 Å². The van der Waals surface area contributed by atoms with Crippen LogP contribution in [0.25, 0.3) is 10.9 Å². The number of fused-ring (bicyclic) bond motifs is 1. The van der Waals surface area contributed by atoms with E-state index in [0.717, 1.165) is 6.07 Å². The van der Waals surface area contributed by atoms with Crippen LogP contribution in [0.5, 0.6) is 0 Å². The van der Waals surface area contributed by atoms with Crippen molar-refractivity contribution >= 4 is 34.1 Å². The lowest BCUT2D eigenvalue weighted by atomic mass is 9.90. The van der Waals surface area contributed by atoms with Gasteiger partial charge in [-0.25, -0.2) is 4.98 Å². The summed E-state index contributed by atoms with van der Waals surface area (Å²) in [6, 6.07) is 7.67. The van der Waals surface area contributed by atoms with Gasteiger partial charge in [-0.1, -0.05) is 11.6 Å². The summed E-state index contributed by atoms with van der Waals surface area (Å²) >= 11 is 6.04. The number of nitrogens with zero attached hydrogens (tertiary/aromatic N) is 2. The molecule has 1 aromatic heterocycles. The van der Waals surface area contributed by atoms with Gasteiger partial charge >= 0.3 is 6.18 Å². The molecule has 1 heterocycles. The van der Waals surface area contributed by atoms with Crippen molar-refractivity contribution < 1.29 is 18.0 Å². The summed E-state index contributed by atoms with van der Waals surface area (Å²) in [4.78, 5) is 16.0. The van der Waals surface area contributed by atoms with Crippen LogP contribution in [-0.4, -0.2) is 23.0 Å². The van der Waals surface area contributed by atoms with Gasteiger partial charge in [-0.2, -0.15) is 18.4 Å². The van der Waals surface area contributed by atoms with Gasteiger partial charge in [0, 0.05) is 28.2 Å². The Kier molecular flexibility index (Phi) is 5.27. The van der Waals surface area contributed by atoms with Gasteiger partial charge in [-0.05, 0) is 62.8 Å². The molecule has 1 aromatic carbocycles. The van der Waals surface area contributed by atoms with Gasteiger partial charge in [0.2, 0.25) is 5.91 Å². The minimum atomic E-state index is -4.55. The molecule has 0 saturated heterocycles. The van der Waals surface area contributed by atoms with Gasteiger partial charge in [-0.3, -0.25) is 4.79 Å². The van der Waals surface area contributed by atoms with Crippen molar-refractivity contribution in [1.82, 2.24) is 10.3 Å². The monoisotopic (exact) mass is 436 g/mol. The number of benzene rings is 1. The van der Waals surface area contributed by atoms with Crippen LogP contribution in [0.3, 0.4) is 0 Å². The number of nitriles is 1. The van der Waals surface area contributed by atoms with Crippen LogP contribution in [0, 0.1) is 16.7 Å². The maximum absolute atomic E-state index is 13.3. The highest BCUT2D eigenvalue weighted by Gasteiger charge is 2.51. The molecule has 0 bridgehead atoms. The number of aromatic nitrogens is 1. The SMILES string of the molecule is N#CC1(C(=O)NC2CCC(Nc3cc(C(F)(F)F)nc4ccc(Cl)cc34)CC2)CC1. The van der Waals surface area contributed by atoms with Crippen molar-refractivity contribution in [2.75, 3.05) is 5.32 Å². The van der Waals surface area contributed by atoms with Gasteiger partial charge in [0.05, 0.1) is 11.6 Å². The molecule has 2 aromatic rings. The average molecular weight is 437 g/mol. The molecule has 158 valence electrons. The average Bonchev–Trinajstić information content (AvgIpc) is 3.50. The van der Waals surface area contributed by atoms with Crippen molar-refractivity contribution in [2.45, 2.75) is 56.8 Å². The third-order valence-corrected chi connectivity index (χ3v) is 6.12. The molecule has 0 atom stereocenters. The number of halogens is 4. The van der Waals surface area contributed by atoms with E-state index >= 15 is 0 Å². The Balaban J connectivity index is 1.46. The van der Waals surface area contributed by atoms with E-state index in [1.165, 1.54) is 12.1 Å². The van der Waals surface area contributed by atoms with E-state index in [-0.39, 0.29) is 23.5 Å². The molecular weight excluding hydrogens is 417 g/mol. The molecule has 4 rings (SSSR count). The number of anilines is 1. The van der Waals surface area contributed by atoms with E-state index in [9.17, 15) is 18.0 Å². The minimum absolute atomic E-state index is 0.0178. The van der Waals surface area contributed by atoms with E-state index in [2.05, 4.69) is 21.7 Å². The molecule has 1 amide bonds. The lowest BCUT2D eigenvalue weighted by Crippen LogP contribution is -2.43. The molecule has 2 N–H and O–H groups in total. The molecule has 0 radical (unpaired) electrons. The number of rotatable bonds is 4. The fraction of sp³-hybridized carbons (Fsp3) is 0.476. The fourth-order valence-corrected chi connectivity index (χ4v) is 4.07. The number of pyridine rings is 1. The molecule has 2 saturated carbocycles. The number of alkyl halides is 3. The summed E-state index contributed by atoms with van der Waals surface area (Å²) in [6.45, 7) is 0. The Morgan fingerprint density at radius 2 is 1.83 bits per heavy atom. The second kappa shape index (κ2) is 7.62. The summed E-state index contributed by atoms with van der Waals surface area (Å²) < 4.78 is 39.8. The zero-order chi connectivity index (χ0) is 21.5. The number of amides is 1. The Labute approximate surface area is 176 Å². The fourth-order valence-electron chi connectivity index (χ4n) is 3.90. The number of hydrogen-bond acceptors (Lipinski definition) is 4. The van der Waals surface area contributed by atoms with Crippen LogP contribution in [0.2, 0.25) is 5.02 Å². The standard InChI is InChI=1S/C21H20ClF3N4O/c22-12-1-6-16-15(9-12)17(10-18(29-16)21(23,24)25)27-13-2-4-14(5-3-13)28-19(30)20(11-26)7-8-20/h1,6,9-10,13-14H,2-5,7-8H2,(H,27,29)(H,28,30). The van der Waals surface area contributed by atoms with Gasteiger partial charge in [-0.15, -0.1) is 0 Å². The van der Waals surface area contributed by atoms with Gasteiger partial charge in [0.25, 0.3) is 0 Å². The van der Waals surface area contributed by atoms with Gasteiger partial charge in [0.1, 0.15) is 11.1 Å². The van der Waals surface area contributed by atoms with Crippen molar-refractivity contribution in [3.05, 3.63) is 35.0 Å². The quantitative estimate of drug-likeness (QED) is 0.703. The Morgan fingerprint density at radius 3 is 2.43 bits per heavy atom. The first-order chi connectivity index (χ1) is 14.2. The third-order valence-electron chi connectivity index (χ3n) is 5.88. The van der Waals surface area contributed by atoms with Crippen LogP contribution in [-0.2, 0) is 11.0 Å². The second-order valence-electron chi connectivity index (χ2n) is 8.07. The Bertz CT molecular complexity index is 1020. The maximum atomic E-state index is 13.3. The molecule has 2 aliphatic rings. The van der Waals surface area contributed by atoms with Gasteiger partial charge in [0.15, 0.2) is 0 Å². The van der Waals surface area contributed by atoms with Crippen LogP contribution in [0.1, 0.15) is 44.2 Å². The normalized spacial score (nSPS) is 22.9. The van der Waals surface area contributed by atoms with Crippen LogP contribution >= 0.6 is 11.6 Å². The maximum Gasteiger partial charge on any atom is 0.433 e. The lowest BCUT2D eigenvalue weighted by Gasteiger charge is -2.31. The first-order valence-corrected chi connectivity index (χ1v) is 10.2. The van der Waals surface area contributed by atoms with Gasteiger partial charge < -0.3 is 10.6 Å². The van der Waals surface area contributed by atoms with Crippen molar-refractivity contribution in [3.63, 3.8) is 0 Å². The van der Waals surface area contributed by atoms with Crippen LogP contribution < -0.4 is 10.6 Å². The molecule has 2 fully saturated rings.